The predicted molar refractivity (Wildman–Crippen MR) is 88.9 cm³/mol. The topological polar surface area (TPSA) is 58.6 Å². The molecule has 0 aliphatic rings. The number of hydrogen-bond acceptors (Lipinski definition) is 4. The van der Waals surface area contributed by atoms with Gasteiger partial charge in [-0.2, -0.15) is 0 Å². The van der Waals surface area contributed by atoms with Crippen molar-refractivity contribution in [3.05, 3.63) is 21.9 Å². The Hall–Kier alpha value is -1.56. The van der Waals surface area contributed by atoms with Crippen LogP contribution in [0, 0.1) is 12.8 Å². The molecule has 0 fully saturated rings. The lowest BCUT2D eigenvalue weighted by atomic mass is 10.1. The fourth-order valence-electron chi connectivity index (χ4n) is 1.83. The van der Waals surface area contributed by atoms with E-state index in [4.69, 9.17) is 4.74 Å². The minimum absolute atomic E-state index is 0.0665. The Kier molecular flexibility index (Phi) is 6.41. The molecule has 5 nitrogen and oxygen atoms in total. The highest BCUT2D eigenvalue weighted by atomic mass is 32.1. The Morgan fingerprint density at radius 1 is 1.41 bits per heavy atom. The van der Waals surface area contributed by atoms with Gasteiger partial charge in [0.1, 0.15) is 5.60 Å². The molecule has 0 aliphatic heterocycles. The Balaban J connectivity index is 2.43. The van der Waals surface area contributed by atoms with Crippen molar-refractivity contribution < 1.29 is 14.3 Å². The molecule has 6 heteroatoms. The summed E-state index contributed by atoms with van der Waals surface area (Å²) in [6, 6.07) is 2.03. The third-order valence-electron chi connectivity index (χ3n) is 3.09. The van der Waals surface area contributed by atoms with E-state index in [9.17, 15) is 9.59 Å². The summed E-state index contributed by atoms with van der Waals surface area (Å²) in [5.74, 6) is -0.360. The first-order valence-corrected chi connectivity index (χ1v) is 8.23. The molecule has 0 spiro atoms. The predicted octanol–water partition coefficient (Wildman–Crippen LogP) is 3.18. The lowest BCUT2D eigenvalue weighted by Crippen LogP contribution is -2.40. The summed E-state index contributed by atoms with van der Waals surface area (Å²) in [7, 11) is 1.64. The largest absolute Gasteiger partial charge is 0.444 e. The number of nitrogens with zero attached hydrogens (tertiary/aromatic N) is 1. The van der Waals surface area contributed by atoms with Gasteiger partial charge in [0.15, 0.2) is 0 Å². The third-order valence-corrected chi connectivity index (χ3v) is 4.11. The van der Waals surface area contributed by atoms with Gasteiger partial charge in [0, 0.05) is 18.5 Å². The van der Waals surface area contributed by atoms with E-state index in [1.807, 2.05) is 39.1 Å². The summed E-state index contributed by atoms with van der Waals surface area (Å²) < 4.78 is 5.27. The second kappa shape index (κ2) is 7.63. The Labute approximate surface area is 136 Å². The summed E-state index contributed by atoms with van der Waals surface area (Å²) in [5.41, 5.74) is 0.650. The number of thiophene rings is 1. The van der Waals surface area contributed by atoms with Crippen molar-refractivity contribution in [3.8, 4) is 0 Å². The highest BCUT2D eigenvalue weighted by Crippen LogP contribution is 2.15. The highest BCUT2D eigenvalue weighted by molar-refractivity contribution is 7.10. The van der Waals surface area contributed by atoms with Crippen LogP contribution in [0.2, 0.25) is 0 Å². The number of carbonyl (C=O) groups excluding carboxylic acids is 2. The third kappa shape index (κ3) is 6.05. The van der Waals surface area contributed by atoms with Gasteiger partial charge >= 0.3 is 6.09 Å². The molecule has 1 rings (SSSR count). The number of aryl methyl sites for hydroxylation is 1. The Morgan fingerprint density at radius 3 is 2.55 bits per heavy atom. The van der Waals surface area contributed by atoms with Crippen LogP contribution in [0.3, 0.4) is 0 Å². The van der Waals surface area contributed by atoms with E-state index in [0.29, 0.717) is 13.1 Å². The zero-order chi connectivity index (χ0) is 16.9. The van der Waals surface area contributed by atoms with Crippen LogP contribution in [-0.4, -0.2) is 36.1 Å². The van der Waals surface area contributed by atoms with Crippen molar-refractivity contribution in [3.63, 3.8) is 0 Å². The lowest BCUT2D eigenvalue weighted by molar-refractivity contribution is -0.125. The van der Waals surface area contributed by atoms with Crippen molar-refractivity contribution in [1.29, 1.82) is 0 Å². The second-order valence-corrected chi connectivity index (χ2v) is 7.51. The van der Waals surface area contributed by atoms with Gasteiger partial charge in [0.25, 0.3) is 0 Å². The fourth-order valence-corrected chi connectivity index (χ4v) is 2.68. The van der Waals surface area contributed by atoms with Gasteiger partial charge in [-0.3, -0.25) is 4.79 Å². The Bertz CT molecular complexity index is 520. The summed E-state index contributed by atoms with van der Waals surface area (Å²) in [6.07, 6.45) is -0.416. The van der Waals surface area contributed by atoms with Crippen LogP contribution in [0.4, 0.5) is 4.79 Å². The van der Waals surface area contributed by atoms with E-state index < -0.39 is 11.7 Å². The van der Waals surface area contributed by atoms with Gasteiger partial charge in [0.05, 0.1) is 12.5 Å². The second-order valence-electron chi connectivity index (χ2n) is 6.51. The van der Waals surface area contributed by atoms with Crippen molar-refractivity contribution in [2.45, 2.75) is 46.8 Å². The molecule has 1 aromatic heterocycles. The average molecular weight is 326 g/mol. The van der Waals surface area contributed by atoms with E-state index in [-0.39, 0.29) is 11.8 Å². The summed E-state index contributed by atoms with van der Waals surface area (Å²) >= 11 is 1.63. The molecule has 0 radical (unpaired) electrons. The van der Waals surface area contributed by atoms with Gasteiger partial charge in [-0.15, -0.1) is 11.3 Å². The molecule has 1 heterocycles. The molecule has 22 heavy (non-hydrogen) atoms. The molecule has 0 aromatic carbocycles. The maximum absolute atomic E-state index is 12.1. The number of hydrogen-bond donors (Lipinski definition) is 1. The van der Waals surface area contributed by atoms with Gasteiger partial charge in [-0.05, 0) is 44.7 Å². The molecule has 1 unspecified atom stereocenters. The SMILES string of the molecule is Cc1ccsc1CNC(=O)C(C)CN(C)C(=O)OC(C)(C)C. The van der Waals surface area contributed by atoms with Crippen LogP contribution in [0.1, 0.15) is 38.1 Å². The molecule has 124 valence electrons. The van der Waals surface area contributed by atoms with E-state index in [0.717, 1.165) is 4.88 Å². The molecule has 0 aliphatic carbocycles. The van der Waals surface area contributed by atoms with Crippen LogP contribution in [0.25, 0.3) is 0 Å². The van der Waals surface area contributed by atoms with E-state index in [1.54, 1.807) is 25.3 Å². The quantitative estimate of drug-likeness (QED) is 0.904. The molecule has 1 N–H and O–H groups in total. The molecule has 0 saturated carbocycles. The number of carbonyl (C=O) groups is 2. The minimum atomic E-state index is -0.534. The molecule has 1 atom stereocenters. The fraction of sp³-hybridized carbons (Fsp3) is 0.625. The van der Waals surface area contributed by atoms with Crippen LogP contribution in [-0.2, 0) is 16.1 Å². The molecule has 1 aromatic rings. The minimum Gasteiger partial charge on any atom is -0.444 e. The molecular formula is C16H26N2O3S. The zero-order valence-electron chi connectivity index (χ0n) is 14.2. The highest BCUT2D eigenvalue weighted by Gasteiger charge is 2.23. The van der Waals surface area contributed by atoms with Gasteiger partial charge in [-0.1, -0.05) is 6.92 Å². The van der Waals surface area contributed by atoms with Gasteiger partial charge in [0.2, 0.25) is 5.91 Å². The average Bonchev–Trinajstić information content (AvgIpc) is 2.79. The molecular weight excluding hydrogens is 300 g/mol. The summed E-state index contributed by atoms with van der Waals surface area (Å²) in [4.78, 5) is 26.6. The van der Waals surface area contributed by atoms with Crippen molar-refractivity contribution in [1.82, 2.24) is 10.2 Å². The monoisotopic (exact) mass is 326 g/mol. The first-order chi connectivity index (χ1) is 10.1. The molecule has 2 amide bonds. The summed E-state index contributed by atoms with van der Waals surface area (Å²) in [5, 5.41) is 4.92. The Morgan fingerprint density at radius 2 is 2.05 bits per heavy atom. The van der Waals surface area contributed by atoms with Crippen LogP contribution >= 0.6 is 11.3 Å². The maximum Gasteiger partial charge on any atom is 0.410 e. The van der Waals surface area contributed by atoms with Crippen LogP contribution in [0.5, 0.6) is 0 Å². The van der Waals surface area contributed by atoms with Crippen LogP contribution < -0.4 is 5.32 Å². The first-order valence-electron chi connectivity index (χ1n) is 7.35. The van der Waals surface area contributed by atoms with Crippen molar-refractivity contribution in [2.75, 3.05) is 13.6 Å². The number of amides is 2. The lowest BCUT2D eigenvalue weighted by Gasteiger charge is -2.26. The zero-order valence-corrected chi connectivity index (χ0v) is 15.0. The molecule has 0 saturated heterocycles. The van der Waals surface area contributed by atoms with Crippen LogP contribution in [0.15, 0.2) is 11.4 Å². The number of nitrogens with one attached hydrogen (secondary N) is 1. The number of rotatable bonds is 5. The first kappa shape index (κ1) is 18.5. The van der Waals surface area contributed by atoms with E-state index >= 15 is 0 Å². The maximum atomic E-state index is 12.1. The van der Waals surface area contributed by atoms with Gasteiger partial charge < -0.3 is 15.0 Å². The molecule has 0 bridgehead atoms. The summed E-state index contributed by atoms with van der Waals surface area (Å²) in [6.45, 7) is 10.1. The normalized spacial score (nSPS) is 12.6. The number of ether oxygens (including phenoxy) is 1. The van der Waals surface area contributed by atoms with Crippen molar-refractivity contribution in [2.24, 2.45) is 5.92 Å². The smallest absolute Gasteiger partial charge is 0.410 e. The van der Waals surface area contributed by atoms with Gasteiger partial charge in [-0.25, -0.2) is 4.79 Å². The van der Waals surface area contributed by atoms with Crippen molar-refractivity contribution >= 4 is 23.3 Å². The standard InChI is InChI=1S/C16H26N2O3S/c1-11-7-8-22-13(11)9-17-14(19)12(2)10-18(6)15(20)21-16(3,4)5/h7-8,12H,9-10H2,1-6H3,(H,17,19). The van der Waals surface area contributed by atoms with E-state index in [1.165, 1.54) is 10.5 Å². The van der Waals surface area contributed by atoms with E-state index in [2.05, 4.69) is 5.32 Å².